The molecule has 0 saturated carbocycles. The summed E-state index contributed by atoms with van der Waals surface area (Å²) in [6.45, 7) is 2.09. The minimum atomic E-state index is -3.91. The summed E-state index contributed by atoms with van der Waals surface area (Å²) in [5.41, 5.74) is 0. The average molecular weight is 258 g/mol. The van der Waals surface area contributed by atoms with Crippen LogP contribution < -0.4 is 14.8 Å². The molecule has 2 amide bonds. The van der Waals surface area contributed by atoms with Crippen molar-refractivity contribution in [2.45, 2.75) is 11.8 Å². The summed E-state index contributed by atoms with van der Waals surface area (Å²) < 4.78 is 30.7. The molecule has 7 heteroatoms. The maximum absolute atomic E-state index is 11.8. The van der Waals surface area contributed by atoms with Gasteiger partial charge in [0.1, 0.15) is 10.6 Å². The first-order chi connectivity index (χ1) is 8.01. The molecule has 0 aliphatic heterocycles. The molecule has 6 nitrogen and oxygen atoms in total. The van der Waals surface area contributed by atoms with Crippen molar-refractivity contribution in [3.05, 3.63) is 24.3 Å². The largest absolute Gasteiger partial charge is 0.492 e. The summed E-state index contributed by atoms with van der Waals surface area (Å²) in [4.78, 5) is 11.0. The number of urea groups is 1. The first kappa shape index (κ1) is 13.3. The van der Waals surface area contributed by atoms with Crippen molar-refractivity contribution in [3.8, 4) is 5.75 Å². The molecule has 0 bridgehead atoms. The third-order valence-corrected chi connectivity index (χ3v) is 3.26. The van der Waals surface area contributed by atoms with Gasteiger partial charge >= 0.3 is 6.03 Å². The molecule has 0 fully saturated rings. The lowest BCUT2D eigenvalue weighted by atomic mass is 10.3. The van der Waals surface area contributed by atoms with E-state index in [2.05, 4.69) is 5.32 Å². The van der Waals surface area contributed by atoms with Gasteiger partial charge in [0.15, 0.2) is 0 Å². The van der Waals surface area contributed by atoms with Gasteiger partial charge in [-0.25, -0.2) is 17.9 Å². The molecule has 1 rings (SSSR count). The maximum Gasteiger partial charge on any atom is 0.328 e. The second-order valence-electron chi connectivity index (χ2n) is 3.06. The summed E-state index contributed by atoms with van der Waals surface area (Å²) in [6, 6.07) is 5.32. The Morgan fingerprint density at radius 1 is 1.35 bits per heavy atom. The second-order valence-corrected chi connectivity index (χ2v) is 4.72. The predicted molar refractivity (Wildman–Crippen MR) is 62.4 cm³/mol. The molecular weight excluding hydrogens is 244 g/mol. The highest BCUT2D eigenvalue weighted by Crippen LogP contribution is 2.22. The minimum Gasteiger partial charge on any atom is -0.492 e. The zero-order valence-electron chi connectivity index (χ0n) is 9.56. The van der Waals surface area contributed by atoms with Gasteiger partial charge in [0.2, 0.25) is 0 Å². The van der Waals surface area contributed by atoms with Gasteiger partial charge in [0.25, 0.3) is 10.0 Å². The number of benzene rings is 1. The van der Waals surface area contributed by atoms with E-state index in [4.69, 9.17) is 4.74 Å². The monoisotopic (exact) mass is 258 g/mol. The summed E-state index contributed by atoms with van der Waals surface area (Å²) in [6.07, 6.45) is 0. The van der Waals surface area contributed by atoms with E-state index in [-0.39, 0.29) is 10.6 Å². The first-order valence-electron chi connectivity index (χ1n) is 4.97. The predicted octanol–water partition coefficient (Wildman–Crippen LogP) is 0.703. The molecule has 0 unspecified atom stereocenters. The molecule has 0 aromatic heterocycles. The molecule has 0 heterocycles. The molecular formula is C10H14N2O4S. The number of hydrogen-bond acceptors (Lipinski definition) is 4. The van der Waals surface area contributed by atoms with Crippen LogP contribution in [0.4, 0.5) is 4.79 Å². The Labute approximate surface area is 100 Å². The molecule has 0 radical (unpaired) electrons. The Morgan fingerprint density at radius 2 is 2.00 bits per heavy atom. The SMILES string of the molecule is CCOc1ccccc1S(=O)(=O)NC(=O)NC. The Bertz CT molecular complexity index is 499. The number of nitrogens with one attached hydrogen (secondary N) is 2. The van der Waals surface area contributed by atoms with E-state index in [9.17, 15) is 13.2 Å². The number of hydrogen-bond donors (Lipinski definition) is 2. The molecule has 0 atom stereocenters. The number of carbonyl (C=O) groups is 1. The molecule has 17 heavy (non-hydrogen) atoms. The second kappa shape index (κ2) is 5.53. The Kier molecular flexibility index (Phi) is 4.33. The standard InChI is InChI=1S/C10H14N2O4S/c1-3-16-8-6-4-5-7-9(8)17(14,15)12-10(13)11-2/h4-7H,3H2,1-2H3,(H2,11,12,13). The van der Waals surface area contributed by atoms with Crippen LogP contribution in [0.3, 0.4) is 0 Å². The fraction of sp³-hybridized carbons (Fsp3) is 0.300. The third kappa shape index (κ3) is 3.35. The maximum atomic E-state index is 11.8. The molecule has 0 aliphatic rings. The van der Waals surface area contributed by atoms with Crippen LogP contribution in [0, 0.1) is 0 Å². The topological polar surface area (TPSA) is 84.5 Å². The van der Waals surface area contributed by atoms with Gasteiger partial charge in [-0.1, -0.05) is 12.1 Å². The van der Waals surface area contributed by atoms with Crippen molar-refractivity contribution < 1.29 is 17.9 Å². The van der Waals surface area contributed by atoms with Crippen molar-refractivity contribution in [3.63, 3.8) is 0 Å². The molecule has 2 N–H and O–H groups in total. The van der Waals surface area contributed by atoms with Gasteiger partial charge < -0.3 is 10.1 Å². The lowest BCUT2D eigenvalue weighted by molar-refractivity contribution is 0.247. The van der Waals surface area contributed by atoms with E-state index in [1.807, 2.05) is 4.72 Å². The van der Waals surface area contributed by atoms with E-state index in [0.717, 1.165) is 0 Å². The molecule has 0 saturated heterocycles. The Morgan fingerprint density at radius 3 is 2.59 bits per heavy atom. The van der Waals surface area contributed by atoms with Crippen LogP contribution in [0.15, 0.2) is 29.2 Å². The van der Waals surface area contributed by atoms with Gasteiger partial charge in [0.05, 0.1) is 6.61 Å². The van der Waals surface area contributed by atoms with E-state index in [0.29, 0.717) is 6.61 Å². The summed E-state index contributed by atoms with van der Waals surface area (Å²) in [7, 11) is -2.58. The van der Waals surface area contributed by atoms with Crippen LogP contribution in [0.25, 0.3) is 0 Å². The lowest BCUT2D eigenvalue weighted by Crippen LogP contribution is -2.37. The quantitative estimate of drug-likeness (QED) is 0.832. The summed E-state index contributed by atoms with van der Waals surface area (Å²) in [5.74, 6) is 0.214. The van der Waals surface area contributed by atoms with Gasteiger partial charge in [-0.15, -0.1) is 0 Å². The number of ether oxygens (including phenoxy) is 1. The van der Waals surface area contributed by atoms with Crippen molar-refractivity contribution in [1.29, 1.82) is 0 Å². The fourth-order valence-corrected chi connectivity index (χ4v) is 2.28. The summed E-state index contributed by atoms with van der Waals surface area (Å²) in [5, 5.41) is 2.17. The Hall–Kier alpha value is -1.76. The number of rotatable bonds is 4. The Balaban J connectivity index is 3.10. The van der Waals surface area contributed by atoms with Crippen molar-refractivity contribution in [1.82, 2.24) is 10.0 Å². The minimum absolute atomic E-state index is 0.0644. The highest BCUT2D eigenvalue weighted by Gasteiger charge is 2.21. The number of carbonyl (C=O) groups excluding carboxylic acids is 1. The molecule has 1 aromatic carbocycles. The van der Waals surface area contributed by atoms with Crippen LogP contribution in [0.1, 0.15) is 6.92 Å². The number of amides is 2. The normalized spacial score (nSPS) is 10.7. The number of para-hydroxylation sites is 1. The highest BCUT2D eigenvalue weighted by molar-refractivity contribution is 7.90. The smallest absolute Gasteiger partial charge is 0.328 e. The third-order valence-electron chi connectivity index (χ3n) is 1.89. The lowest BCUT2D eigenvalue weighted by Gasteiger charge is -2.11. The molecule has 0 aliphatic carbocycles. The molecule has 1 aromatic rings. The van der Waals surface area contributed by atoms with Gasteiger partial charge in [-0.3, -0.25) is 0 Å². The van der Waals surface area contributed by atoms with E-state index in [1.54, 1.807) is 19.1 Å². The van der Waals surface area contributed by atoms with Crippen LogP contribution in [-0.4, -0.2) is 28.1 Å². The van der Waals surface area contributed by atoms with E-state index in [1.165, 1.54) is 19.2 Å². The highest BCUT2D eigenvalue weighted by atomic mass is 32.2. The van der Waals surface area contributed by atoms with E-state index < -0.39 is 16.1 Å². The zero-order chi connectivity index (χ0) is 12.9. The first-order valence-corrected chi connectivity index (χ1v) is 6.46. The average Bonchev–Trinajstić information content (AvgIpc) is 2.29. The van der Waals surface area contributed by atoms with Gasteiger partial charge in [-0.05, 0) is 19.1 Å². The van der Waals surface area contributed by atoms with Crippen molar-refractivity contribution in [2.75, 3.05) is 13.7 Å². The van der Waals surface area contributed by atoms with Gasteiger partial charge in [0, 0.05) is 7.05 Å². The van der Waals surface area contributed by atoms with E-state index >= 15 is 0 Å². The number of sulfonamides is 1. The molecule has 94 valence electrons. The van der Waals surface area contributed by atoms with Crippen LogP contribution in [-0.2, 0) is 10.0 Å². The van der Waals surface area contributed by atoms with Crippen LogP contribution in [0.2, 0.25) is 0 Å². The van der Waals surface area contributed by atoms with Crippen molar-refractivity contribution in [2.24, 2.45) is 0 Å². The molecule has 0 spiro atoms. The van der Waals surface area contributed by atoms with Crippen LogP contribution >= 0.6 is 0 Å². The zero-order valence-corrected chi connectivity index (χ0v) is 10.4. The van der Waals surface area contributed by atoms with Crippen molar-refractivity contribution >= 4 is 16.1 Å². The van der Waals surface area contributed by atoms with Crippen LogP contribution in [0.5, 0.6) is 5.75 Å². The fourth-order valence-electron chi connectivity index (χ4n) is 1.17. The van der Waals surface area contributed by atoms with Gasteiger partial charge in [-0.2, -0.15) is 0 Å². The summed E-state index contributed by atoms with van der Waals surface area (Å²) >= 11 is 0.